The van der Waals surface area contributed by atoms with Crippen molar-refractivity contribution in [2.24, 2.45) is 11.8 Å². The van der Waals surface area contributed by atoms with Gasteiger partial charge in [-0.05, 0) is 81.4 Å². The zero-order valence-electron chi connectivity index (χ0n) is 22.3. The van der Waals surface area contributed by atoms with Crippen LogP contribution in [-0.4, -0.2) is 65.7 Å². The van der Waals surface area contributed by atoms with Crippen LogP contribution in [0.25, 0.3) is 0 Å². The molecule has 5 nitrogen and oxygen atoms in total. The number of nitrogens with zero attached hydrogens (tertiary/aromatic N) is 2. The number of rotatable bonds is 6. The number of phenolic OH excluding ortho intramolecular Hbond substituents is 1. The van der Waals surface area contributed by atoms with Crippen LogP contribution in [0.3, 0.4) is 0 Å². The lowest BCUT2D eigenvalue weighted by atomic mass is 9.67. The van der Waals surface area contributed by atoms with E-state index in [0.29, 0.717) is 29.8 Å². The van der Waals surface area contributed by atoms with Crippen LogP contribution in [0.4, 0.5) is 8.78 Å². The number of hydrogen-bond donors (Lipinski definition) is 1. The van der Waals surface area contributed by atoms with Crippen molar-refractivity contribution in [1.82, 2.24) is 9.80 Å². The summed E-state index contributed by atoms with van der Waals surface area (Å²) < 4.78 is 29.8. The fraction of sp³-hybridized carbons (Fsp3) is 0.375. The van der Waals surface area contributed by atoms with E-state index in [1.807, 2.05) is 0 Å². The molecule has 0 spiro atoms. The maximum atomic E-state index is 14.9. The topological polar surface area (TPSA) is 60.9 Å². The van der Waals surface area contributed by atoms with Gasteiger partial charge in [0.1, 0.15) is 17.4 Å². The third kappa shape index (κ3) is 5.52. The summed E-state index contributed by atoms with van der Waals surface area (Å²) >= 11 is 0. The molecule has 0 radical (unpaired) electrons. The molecule has 1 N–H and O–H groups in total. The van der Waals surface area contributed by atoms with E-state index in [1.165, 1.54) is 30.3 Å². The second-order valence-corrected chi connectivity index (χ2v) is 10.9. The zero-order valence-corrected chi connectivity index (χ0v) is 22.3. The quantitative estimate of drug-likeness (QED) is 0.427. The molecule has 0 aliphatic carbocycles. The Bertz CT molecular complexity index is 1370. The first-order valence-electron chi connectivity index (χ1n) is 13.5. The lowest BCUT2D eigenvalue weighted by Gasteiger charge is -2.47. The van der Waals surface area contributed by atoms with Crippen LogP contribution in [0.2, 0.25) is 0 Å². The molecule has 39 heavy (non-hydrogen) atoms. The van der Waals surface area contributed by atoms with Crippen LogP contribution in [0.5, 0.6) is 5.75 Å². The van der Waals surface area contributed by atoms with Crippen molar-refractivity contribution in [3.8, 4) is 5.75 Å². The Morgan fingerprint density at radius 2 is 1.49 bits per heavy atom. The number of ketones is 2. The van der Waals surface area contributed by atoms with Gasteiger partial charge in [-0.1, -0.05) is 36.4 Å². The fourth-order valence-corrected chi connectivity index (χ4v) is 6.39. The number of benzene rings is 3. The van der Waals surface area contributed by atoms with Gasteiger partial charge in [0, 0.05) is 42.4 Å². The minimum Gasteiger partial charge on any atom is -0.508 e. The predicted molar refractivity (Wildman–Crippen MR) is 146 cm³/mol. The number of phenols is 1. The van der Waals surface area contributed by atoms with Crippen molar-refractivity contribution in [1.29, 1.82) is 0 Å². The predicted octanol–water partition coefficient (Wildman–Crippen LogP) is 5.47. The molecule has 2 aliphatic rings. The van der Waals surface area contributed by atoms with Gasteiger partial charge in [-0.25, -0.2) is 8.78 Å². The SMILES string of the molecule is Cc1c(F)cccc1[C@@H]1[C@@H](C(=O)c2cccc(O)c2)CN(C2CCN(C)CC2)C[C@H]1C(=O)c1ccccc1F. The largest absolute Gasteiger partial charge is 0.508 e. The molecular weight excluding hydrogens is 498 g/mol. The molecule has 0 amide bonds. The van der Waals surface area contributed by atoms with E-state index in [-0.39, 0.29) is 28.9 Å². The maximum Gasteiger partial charge on any atom is 0.170 e. The first kappa shape index (κ1) is 27.2. The lowest BCUT2D eigenvalue weighted by molar-refractivity contribution is 0.0324. The van der Waals surface area contributed by atoms with Crippen LogP contribution in [0.15, 0.2) is 66.7 Å². The van der Waals surface area contributed by atoms with Crippen LogP contribution in [-0.2, 0) is 0 Å². The molecule has 2 heterocycles. The van der Waals surface area contributed by atoms with Gasteiger partial charge in [0.25, 0.3) is 0 Å². The van der Waals surface area contributed by atoms with Gasteiger partial charge in [-0.2, -0.15) is 0 Å². The van der Waals surface area contributed by atoms with Crippen molar-refractivity contribution in [2.45, 2.75) is 31.7 Å². The normalized spacial score (nSPS) is 23.0. The van der Waals surface area contributed by atoms with Gasteiger partial charge in [-0.3, -0.25) is 14.5 Å². The fourth-order valence-electron chi connectivity index (χ4n) is 6.39. The average Bonchev–Trinajstić information content (AvgIpc) is 2.94. The van der Waals surface area contributed by atoms with Gasteiger partial charge in [0.15, 0.2) is 11.6 Å². The lowest BCUT2D eigenvalue weighted by Crippen LogP contribution is -2.55. The molecule has 204 valence electrons. The second-order valence-electron chi connectivity index (χ2n) is 10.9. The highest BCUT2D eigenvalue weighted by molar-refractivity contribution is 6.02. The zero-order chi connectivity index (χ0) is 27.7. The smallest absolute Gasteiger partial charge is 0.170 e. The molecule has 0 aromatic heterocycles. The molecule has 3 aromatic carbocycles. The summed E-state index contributed by atoms with van der Waals surface area (Å²) in [6.07, 6.45) is 1.79. The van der Waals surface area contributed by atoms with E-state index >= 15 is 0 Å². The summed E-state index contributed by atoms with van der Waals surface area (Å²) in [4.78, 5) is 32.8. The van der Waals surface area contributed by atoms with E-state index in [4.69, 9.17) is 0 Å². The number of carbonyl (C=O) groups is 2. The van der Waals surface area contributed by atoms with Gasteiger partial charge >= 0.3 is 0 Å². The van der Waals surface area contributed by atoms with Crippen LogP contribution in [0, 0.1) is 30.4 Å². The van der Waals surface area contributed by atoms with E-state index in [0.717, 1.165) is 25.9 Å². The summed E-state index contributed by atoms with van der Waals surface area (Å²) in [5.41, 5.74) is 1.29. The number of carbonyl (C=O) groups excluding carboxylic acids is 2. The van der Waals surface area contributed by atoms with Gasteiger partial charge in [0.2, 0.25) is 0 Å². The number of piperidine rings is 2. The Morgan fingerprint density at radius 1 is 0.846 bits per heavy atom. The molecule has 0 unspecified atom stereocenters. The van der Waals surface area contributed by atoms with Crippen molar-refractivity contribution in [3.05, 3.63) is 101 Å². The Balaban J connectivity index is 1.64. The van der Waals surface area contributed by atoms with Crippen molar-refractivity contribution >= 4 is 11.6 Å². The Hall–Kier alpha value is -3.42. The minimum atomic E-state index is -0.762. The number of hydrogen-bond acceptors (Lipinski definition) is 5. The van der Waals surface area contributed by atoms with Crippen LogP contribution < -0.4 is 0 Å². The average molecular weight is 533 g/mol. The van der Waals surface area contributed by atoms with Gasteiger partial charge in [0.05, 0.1) is 5.56 Å². The first-order chi connectivity index (χ1) is 18.7. The third-order valence-corrected chi connectivity index (χ3v) is 8.55. The maximum absolute atomic E-state index is 14.9. The number of aromatic hydroxyl groups is 1. The highest BCUT2D eigenvalue weighted by Gasteiger charge is 2.47. The number of likely N-dealkylation sites (tertiary alicyclic amines) is 2. The Kier molecular flexibility index (Phi) is 7.91. The summed E-state index contributed by atoms with van der Waals surface area (Å²) in [6.45, 7) is 4.22. The highest BCUT2D eigenvalue weighted by Crippen LogP contribution is 2.43. The molecule has 2 saturated heterocycles. The summed E-state index contributed by atoms with van der Waals surface area (Å²) in [5.74, 6) is -3.76. The van der Waals surface area contributed by atoms with Crippen LogP contribution in [0.1, 0.15) is 50.6 Å². The standard InChI is InChI=1S/C32H34F2N2O3/c1-20-24(10-6-12-28(20)33)30-26(31(38)21-7-5-8-23(37)17-21)18-36(22-13-15-35(2)16-14-22)19-27(30)32(39)25-9-3-4-11-29(25)34/h3-12,17,22,26-27,30,37H,13-16,18-19H2,1-2H3/t26-,27+,30+/m0/s1. The summed E-state index contributed by atoms with van der Waals surface area (Å²) in [5, 5.41) is 10.1. The Morgan fingerprint density at radius 3 is 2.18 bits per heavy atom. The van der Waals surface area contributed by atoms with E-state index < -0.39 is 29.4 Å². The van der Waals surface area contributed by atoms with Crippen molar-refractivity contribution in [3.63, 3.8) is 0 Å². The van der Waals surface area contributed by atoms with Crippen LogP contribution >= 0.6 is 0 Å². The molecule has 3 aromatic rings. The molecule has 7 heteroatoms. The summed E-state index contributed by atoms with van der Waals surface area (Å²) in [7, 11) is 2.08. The van der Waals surface area contributed by atoms with Gasteiger partial charge in [-0.15, -0.1) is 0 Å². The summed E-state index contributed by atoms with van der Waals surface area (Å²) in [6, 6.07) is 17.0. The molecule has 5 rings (SSSR count). The molecule has 2 aliphatic heterocycles. The number of halogens is 2. The van der Waals surface area contributed by atoms with E-state index in [9.17, 15) is 23.5 Å². The van der Waals surface area contributed by atoms with Gasteiger partial charge < -0.3 is 10.0 Å². The molecule has 3 atom stereocenters. The second kappa shape index (κ2) is 11.4. The first-order valence-corrected chi connectivity index (χ1v) is 13.5. The monoisotopic (exact) mass is 532 g/mol. The minimum absolute atomic E-state index is 0.0182. The van der Waals surface area contributed by atoms with Crippen molar-refractivity contribution in [2.75, 3.05) is 33.2 Å². The van der Waals surface area contributed by atoms with E-state index in [1.54, 1.807) is 43.3 Å². The molecule has 2 fully saturated rings. The van der Waals surface area contributed by atoms with Crippen molar-refractivity contribution < 1.29 is 23.5 Å². The Labute approximate surface area is 228 Å². The molecule has 0 bridgehead atoms. The highest BCUT2D eigenvalue weighted by atomic mass is 19.1. The number of Topliss-reactive ketones (excluding diaryl/α,β-unsaturated/α-hetero) is 2. The van der Waals surface area contributed by atoms with E-state index in [2.05, 4.69) is 16.8 Å². The molecular formula is C32H34F2N2O3. The third-order valence-electron chi connectivity index (χ3n) is 8.55. The molecule has 0 saturated carbocycles.